The fraction of sp³-hybridized carbons (Fsp3) is 0.467. The lowest BCUT2D eigenvalue weighted by atomic mass is 9.95. The van der Waals surface area contributed by atoms with Gasteiger partial charge < -0.3 is 10.6 Å². The number of hydrogen-bond donors (Lipinski definition) is 2. The van der Waals surface area contributed by atoms with Crippen LogP contribution >= 0.6 is 11.6 Å². The summed E-state index contributed by atoms with van der Waals surface area (Å²) in [7, 11) is 0. The highest BCUT2D eigenvalue weighted by Gasteiger charge is 2.31. The molecule has 23 heavy (non-hydrogen) atoms. The third kappa shape index (κ3) is 4.86. The summed E-state index contributed by atoms with van der Waals surface area (Å²) in [6.07, 6.45) is 0.0809. The molecule has 0 bridgehead atoms. The molecule has 0 radical (unpaired) electrons. The van der Waals surface area contributed by atoms with Crippen LogP contribution in [0.1, 0.15) is 37.7 Å². The second kappa shape index (κ2) is 7.21. The first-order chi connectivity index (χ1) is 10.8. The molecular formula is C15H16ClF3N2O2. The summed E-state index contributed by atoms with van der Waals surface area (Å²) < 4.78 is 38.0. The monoisotopic (exact) mass is 348 g/mol. The Bertz CT molecular complexity index is 599. The first kappa shape index (κ1) is 17.6. The number of amides is 2. The van der Waals surface area contributed by atoms with Crippen LogP contribution in [0.15, 0.2) is 18.2 Å². The van der Waals surface area contributed by atoms with Crippen molar-refractivity contribution in [3.63, 3.8) is 0 Å². The second-order valence-electron chi connectivity index (χ2n) is 5.45. The summed E-state index contributed by atoms with van der Waals surface area (Å²) >= 11 is 5.77. The van der Waals surface area contributed by atoms with Crippen molar-refractivity contribution in [3.8, 4) is 0 Å². The summed E-state index contributed by atoms with van der Waals surface area (Å²) in [6.45, 7) is 0. The number of rotatable bonds is 2. The van der Waals surface area contributed by atoms with E-state index < -0.39 is 23.6 Å². The molecule has 1 saturated carbocycles. The first-order valence-corrected chi connectivity index (χ1v) is 7.64. The van der Waals surface area contributed by atoms with E-state index in [4.69, 9.17) is 11.6 Å². The van der Waals surface area contributed by atoms with Crippen LogP contribution in [0.4, 0.5) is 18.9 Å². The predicted molar refractivity (Wildman–Crippen MR) is 80.1 cm³/mol. The number of anilines is 1. The zero-order valence-corrected chi connectivity index (χ0v) is 12.9. The molecule has 2 amide bonds. The van der Waals surface area contributed by atoms with E-state index in [1.807, 2.05) is 0 Å². The van der Waals surface area contributed by atoms with E-state index in [1.165, 1.54) is 0 Å². The second-order valence-corrected chi connectivity index (χ2v) is 5.86. The van der Waals surface area contributed by atoms with Gasteiger partial charge in [-0.2, -0.15) is 13.2 Å². The summed E-state index contributed by atoms with van der Waals surface area (Å²) in [6, 6.07) is 2.46. The predicted octanol–water partition coefficient (Wildman–Crippen LogP) is 3.75. The van der Waals surface area contributed by atoms with Gasteiger partial charge in [-0.05, 0) is 31.0 Å². The molecular weight excluding hydrogens is 333 g/mol. The van der Waals surface area contributed by atoms with Crippen LogP contribution in [-0.4, -0.2) is 17.9 Å². The number of hydrogen-bond acceptors (Lipinski definition) is 2. The van der Waals surface area contributed by atoms with Gasteiger partial charge in [-0.3, -0.25) is 9.59 Å². The van der Waals surface area contributed by atoms with Crippen molar-refractivity contribution in [1.82, 2.24) is 5.32 Å². The van der Waals surface area contributed by atoms with Crippen LogP contribution < -0.4 is 10.6 Å². The molecule has 0 spiro atoms. The van der Waals surface area contributed by atoms with E-state index in [0.717, 1.165) is 44.2 Å². The van der Waals surface area contributed by atoms with Gasteiger partial charge in [0.15, 0.2) is 0 Å². The molecule has 4 nitrogen and oxygen atoms in total. The van der Waals surface area contributed by atoms with Gasteiger partial charge in [-0.1, -0.05) is 30.9 Å². The Morgan fingerprint density at radius 1 is 1.09 bits per heavy atom. The van der Waals surface area contributed by atoms with Crippen molar-refractivity contribution in [2.24, 2.45) is 0 Å². The van der Waals surface area contributed by atoms with Gasteiger partial charge in [-0.15, -0.1) is 0 Å². The number of halogens is 4. The molecule has 0 aromatic heterocycles. The van der Waals surface area contributed by atoms with Crippen molar-refractivity contribution >= 4 is 29.1 Å². The zero-order chi connectivity index (χ0) is 17.0. The lowest BCUT2D eigenvalue weighted by Gasteiger charge is -2.22. The highest BCUT2D eigenvalue weighted by Crippen LogP contribution is 2.33. The molecule has 1 aromatic rings. The fourth-order valence-corrected chi connectivity index (χ4v) is 2.64. The third-order valence-corrected chi connectivity index (χ3v) is 4.02. The molecule has 0 unspecified atom stereocenters. The van der Waals surface area contributed by atoms with Gasteiger partial charge in [0, 0.05) is 6.04 Å². The standard InChI is InChI=1S/C15H16ClF3N2O2/c16-11-7-6-9(15(17,18)19)8-12(11)21-14(23)13(22)20-10-4-2-1-3-5-10/h6-8,10H,1-5H2,(H,20,22)(H,21,23). The van der Waals surface area contributed by atoms with E-state index in [1.54, 1.807) is 0 Å². The van der Waals surface area contributed by atoms with E-state index in [9.17, 15) is 22.8 Å². The van der Waals surface area contributed by atoms with Gasteiger partial charge >= 0.3 is 18.0 Å². The van der Waals surface area contributed by atoms with E-state index in [2.05, 4.69) is 10.6 Å². The first-order valence-electron chi connectivity index (χ1n) is 7.26. The van der Waals surface area contributed by atoms with Crippen molar-refractivity contribution in [3.05, 3.63) is 28.8 Å². The van der Waals surface area contributed by atoms with Gasteiger partial charge in [0.25, 0.3) is 0 Å². The van der Waals surface area contributed by atoms with Gasteiger partial charge in [0.05, 0.1) is 16.3 Å². The lowest BCUT2D eigenvalue weighted by molar-refractivity contribution is -0.137. The summed E-state index contributed by atoms with van der Waals surface area (Å²) in [5.74, 6) is -1.90. The number of benzene rings is 1. The minimum absolute atomic E-state index is 0.0704. The van der Waals surface area contributed by atoms with Crippen LogP contribution in [0.25, 0.3) is 0 Å². The molecule has 2 N–H and O–H groups in total. The molecule has 8 heteroatoms. The molecule has 1 aliphatic rings. The Labute approximate surface area is 136 Å². The highest BCUT2D eigenvalue weighted by molar-refractivity contribution is 6.41. The summed E-state index contributed by atoms with van der Waals surface area (Å²) in [4.78, 5) is 23.7. The zero-order valence-electron chi connectivity index (χ0n) is 12.2. The molecule has 2 rings (SSSR count). The number of alkyl halides is 3. The smallest absolute Gasteiger partial charge is 0.345 e. The largest absolute Gasteiger partial charge is 0.416 e. The third-order valence-electron chi connectivity index (χ3n) is 3.69. The average Bonchev–Trinajstić information content (AvgIpc) is 2.49. The van der Waals surface area contributed by atoms with Crippen LogP contribution in [0, 0.1) is 0 Å². The van der Waals surface area contributed by atoms with Crippen LogP contribution in [0.3, 0.4) is 0 Å². The molecule has 126 valence electrons. The van der Waals surface area contributed by atoms with Crippen molar-refractivity contribution in [2.75, 3.05) is 5.32 Å². The molecule has 0 saturated heterocycles. The molecule has 0 atom stereocenters. The van der Waals surface area contributed by atoms with Crippen molar-refractivity contribution < 1.29 is 22.8 Å². The van der Waals surface area contributed by atoms with Gasteiger partial charge in [0.1, 0.15) is 0 Å². The van der Waals surface area contributed by atoms with E-state index in [-0.39, 0.29) is 16.8 Å². The van der Waals surface area contributed by atoms with E-state index >= 15 is 0 Å². The maximum absolute atomic E-state index is 12.7. The number of nitrogens with one attached hydrogen (secondary N) is 2. The number of carbonyl (C=O) groups excluding carboxylic acids is 2. The van der Waals surface area contributed by atoms with Crippen LogP contribution in [0.5, 0.6) is 0 Å². The Morgan fingerprint density at radius 3 is 2.35 bits per heavy atom. The Balaban J connectivity index is 2.02. The van der Waals surface area contributed by atoms with Crippen molar-refractivity contribution in [1.29, 1.82) is 0 Å². The molecule has 1 fully saturated rings. The topological polar surface area (TPSA) is 58.2 Å². The Kier molecular flexibility index (Phi) is 5.51. The van der Waals surface area contributed by atoms with Gasteiger partial charge in [0.2, 0.25) is 0 Å². The van der Waals surface area contributed by atoms with Gasteiger partial charge in [-0.25, -0.2) is 0 Å². The number of carbonyl (C=O) groups is 2. The molecule has 1 aromatic carbocycles. The van der Waals surface area contributed by atoms with Crippen LogP contribution in [0.2, 0.25) is 5.02 Å². The minimum Gasteiger partial charge on any atom is -0.345 e. The Hall–Kier alpha value is -1.76. The summed E-state index contributed by atoms with van der Waals surface area (Å²) in [5, 5.41) is 4.64. The molecule has 0 aliphatic heterocycles. The molecule has 0 heterocycles. The maximum atomic E-state index is 12.7. The van der Waals surface area contributed by atoms with E-state index in [0.29, 0.717) is 6.07 Å². The fourth-order valence-electron chi connectivity index (χ4n) is 2.47. The van der Waals surface area contributed by atoms with Crippen molar-refractivity contribution in [2.45, 2.75) is 44.3 Å². The lowest BCUT2D eigenvalue weighted by Crippen LogP contribution is -2.42. The Morgan fingerprint density at radius 2 is 1.74 bits per heavy atom. The van der Waals surface area contributed by atoms with Crippen LogP contribution in [-0.2, 0) is 15.8 Å². The summed E-state index contributed by atoms with van der Waals surface area (Å²) in [5.41, 5.74) is -1.20. The normalized spacial score (nSPS) is 16.0. The minimum atomic E-state index is -4.56. The SMILES string of the molecule is O=C(Nc1cc(C(F)(F)F)ccc1Cl)C(=O)NC1CCCCC1. The average molecular weight is 349 g/mol. The maximum Gasteiger partial charge on any atom is 0.416 e. The highest BCUT2D eigenvalue weighted by atomic mass is 35.5. The molecule has 1 aliphatic carbocycles. The quantitative estimate of drug-likeness (QED) is 0.800.